The van der Waals surface area contributed by atoms with E-state index >= 15 is 0 Å². The Morgan fingerprint density at radius 3 is 2.59 bits per heavy atom. The number of carbonyl (C=O) groups is 2. The first-order valence-corrected chi connectivity index (χ1v) is 9.70. The Bertz CT molecular complexity index is 1190. The number of nitrogens with one attached hydrogen (secondary N) is 1. The predicted octanol–water partition coefficient (Wildman–Crippen LogP) is 3.84. The highest BCUT2D eigenvalue weighted by atomic mass is 19.4. The van der Waals surface area contributed by atoms with Gasteiger partial charge in [0.15, 0.2) is 0 Å². The number of esters is 1. The summed E-state index contributed by atoms with van der Waals surface area (Å²) in [5.41, 5.74) is -0.649. The molecule has 1 aliphatic carbocycles. The third kappa shape index (κ3) is 4.10. The second-order valence-electron chi connectivity index (χ2n) is 7.43. The molecule has 0 spiro atoms. The maximum absolute atomic E-state index is 12.9. The topological polar surface area (TPSA) is 95.3 Å². The fourth-order valence-corrected chi connectivity index (χ4v) is 3.59. The summed E-state index contributed by atoms with van der Waals surface area (Å²) in [7, 11) is 2.76. The first-order chi connectivity index (χ1) is 15.2. The molecule has 0 unspecified atom stereocenters. The number of benzene rings is 1. The first-order valence-electron chi connectivity index (χ1n) is 9.70. The van der Waals surface area contributed by atoms with Crippen LogP contribution in [0, 0.1) is 5.92 Å². The lowest BCUT2D eigenvalue weighted by Crippen LogP contribution is -2.33. The number of nitrogens with zero attached hydrogens (tertiary/aromatic N) is 3. The van der Waals surface area contributed by atoms with E-state index in [4.69, 9.17) is 9.47 Å². The molecule has 0 atom stereocenters. The van der Waals surface area contributed by atoms with Crippen molar-refractivity contribution < 1.29 is 32.2 Å². The SMILES string of the molecule is COC(=O)C1CC(n2cc3cc(NC(=O)c4cccc(C(F)(F)F)n4)c(OC)cc3n2)C1. The van der Waals surface area contributed by atoms with Crippen molar-refractivity contribution >= 4 is 28.5 Å². The summed E-state index contributed by atoms with van der Waals surface area (Å²) in [4.78, 5) is 27.5. The van der Waals surface area contributed by atoms with Gasteiger partial charge < -0.3 is 14.8 Å². The lowest BCUT2D eigenvalue weighted by Gasteiger charge is -2.33. The summed E-state index contributed by atoms with van der Waals surface area (Å²) >= 11 is 0. The minimum Gasteiger partial charge on any atom is -0.494 e. The molecule has 0 aliphatic heterocycles. The van der Waals surface area contributed by atoms with Crippen molar-refractivity contribution in [1.29, 1.82) is 0 Å². The molecule has 3 aromatic rings. The van der Waals surface area contributed by atoms with Gasteiger partial charge in [-0.25, -0.2) is 4.98 Å². The van der Waals surface area contributed by atoms with Gasteiger partial charge in [0, 0.05) is 17.6 Å². The molecule has 1 amide bonds. The number of rotatable bonds is 5. The zero-order chi connectivity index (χ0) is 23.0. The van der Waals surface area contributed by atoms with E-state index in [2.05, 4.69) is 15.4 Å². The average molecular weight is 448 g/mol. The van der Waals surface area contributed by atoms with Crippen molar-refractivity contribution in [3.05, 3.63) is 47.9 Å². The number of carbonyl (C=O) groups excluding carboxylic acids is 2. The monoisotopic (exact) mass is 448 g/mol. The van der Waals surface area contributed by atoms with Crippen LogP contribution in [0.15, 0.2) is 36.5 Å². The van der Waals surface area contributed by atoms with E-state index in [9.17, 15) is 22.8 Å². The third-order valence-corrected chi connectivity index (χ3v) is 5.39. The third-order valence-electron chi connectivity index (χ3n) is 5.39. The van der Waals surface area contributed by atoms with Gasteiger partial charge in [0.25, 0.3) is 5.91 Å². The molecule has 1 aliphatic rings. The number of fused-ring (bicyclic) bond motifs is 1. The summed E-state index contributed by atoms with van der Waals surface area (Å²) in [5.74, 6) is -0.903. The van der Waals surface area contributed by atoms with Crippen LogP contribution in [0.2, 0.25) is 0 Å². The summed E-state index contributed by atoms with van der Waals surface area (Å²) in [6.07, 6.45) is -1.65. The fraction of sp³-hybridized carbons (Fsp3) is 0.333. The summed E-state index contributed by atoms with van der Waals surface area (Å²) in [6, 6.07) is 6.40. The molecule has 0 radical (unpaired) electrons. The Balaban J connectivity index is 1.56. The van der Waals surface area contributed by atoms with Crippen molar-refractivity contribution in [2.45, 2.75) is 25.1 Å². The Labute approximate surface area is 180 Å². The molecule has 1 saturated carbocycles. The molecular weight excluding hydrogens is 429 g/mol. The maximum atomic E-state index is 12.9. The van der Waals surface area contributed by atoms with E-state index in [1.165, 1.54) is 20.3 Å². The molecule has 8 nitrogen and oxygen atoms in total. The van der Waals surface area contributed by atoms with Crippen LogP contribution < -0.4 is 10.1 Å². The minimum atomic E-state index is -4.66. The fourth-order valence-electron chi connectivity index (χ4n) is 3.59. The van der Waals surface area contributed by atoms with E-state index in [0.29, 0.717) is 29.5 Å². The van der Waals surface area contributed by atoms with Crippen molar-refractivity contribution in [2.75, 3.05) is 19.5 Å². The van der Waals surface area contributed by atoms with Gasteiger partial charge in [0.05, 0.1) is 37.4 Å². The van der Waals surface area contributed by atoms with Crippen molar-refractivity contribution in [1.82, 2.24) is 14.8 Å². The lowest BCUT2D eigenvalue weighted by atomic mass is 9.80. The predicted molar refractivity (Wildman–Crippen MR) is 107 cm³/mol. The zero-order valence-corrected chi connectivity index (χ0v) is 17.1. The van der Waals surface area contributed by atoms with E-state index in [0.717, 1.165) is 12.1 Å². The van der Waals surface area contributed by atoms with Gasteiger partial charge in [-0.15, -0.1) is 0 Å². The van der Waals surface area contributed by atoms with Gasteiger partial charge in [0.1, 0.15) is 17.1 Å². The van der Waals surface area contributed by atoms with Crippen LogP contribution in [0.3, 0.4) is 0 Å². The van der Waals surface area contributed by atoms with E-state index in [-0.39, 0.29) is 29.3 Å². The lowest BCUT2D eigenvalue weighted by molar-refractivity contribution is -0.149. The molecule has 1 fully saturated rings. The molecular formula is C21H19F3N4O4. The number of amides is 1. The number of hydrogen-bond donors (Lipinski definition) is 1. The van der Waals surface area contributed by atoms with Crippen LogP contribution in [0.5, 0.6) is 5.75 Å². The standard InChI is InChI=1S/C21H19F3N4O4/c1-31-17-9-15-12(10-28(27-15)13-6-11(7-13)20(30)32-2)8-16(17)26-19(29)14-4-3-5-18(25-14)21(22,23)24/h3-5,8-11,13H,6-7H2,1-2H3,(H,26,29). The van der Waals surface area contributed by atoms with Crippen molar-refractivity contribution in [3.8, 4) is 5.75 Å². The van der Waals surface area contributed by atoms with E-state index < -0.39 is 17.8 Å². The van der Waals surface area contributed by atoms with Gasteiger partial charge in [0.2, 0.25) is 0 Å². The quantitative estimate of drug-likeness (QED) is 0.596. The largest absolute Gasteiger partial charge is 0.494 e. The first kappa shape index (κ1) is 21.6. The molecule has 1 aromatic carbocycles. The zero-order valence-electron chi connectivity index (χ0n) is 17.1. The number of methoxy groups -OCH3 is 2. The second kappa shape index (κ2) is 8.13. The van der Waals surface area contributed by atoms with Crippen LogP contribution in [-0.4, -0.2) is 40.9 Å². The second-order valence-corrected chi connectivity index (χ2v) is 7.43. The van der Waals surface area contributed by atoms with Crippen LogP contribution in [0.25, 0.3) is 10.9 Å². The molecule has 4 rings (SSSR count). The molecule has 0 saturated heterocycles. The number of pyridine rings is 1. The van der Waals surface area contributed by atoms with Crippen molar-refractivity contribution in [2.24, 2.45) is 5.92 Å². The number of anilines is 1. The smallest absolute Gasteiger partial charge is 0.433 e. The van der Waals surface area contributed by atoms with Crippen LogP contribution in [0.1, 0.15) is 35.1 Å². The van der Waals surface area contributed by atoms with Crippen LogP contribution in [0.4, 0.5) is 18.9 Å². The Morgan fingerprint density at radius 2 is 1.94 bits per heavy atom. The molecule has 1 N–H and O–H groups in total. The van der Waals surface area contributed by atoms with Crippen molar-refractivity contribution in [3.63, 3.8) is 0 Å². The van der Waals surface area contributed by atoms with Crippen LogP contribution >= 0.6 is 0 Å². The number of hydrogen-bond acceptors (Lipinski definition) is 6. The van der Waals surface area contributed by atoms with Gasteiger partial charge in [-0.1, -0.05) is 6.07 Å². The van der Waals surface area contributed by atoms with Gasteiger partial charge in [-0.3, -0.25) is 14.3 Å². The number of aromatic nitrogens is 3. The molecule has 0 bridgehead atoms. The Kier molecular flexibility index (Phi) is 5.49. The number of alkyl halides is 3. The average Bonchev–Trinajstić information content (AvgIpc) is 3.13. The highest BCUT2D eigenvalue weighted by Gasteiger charge is 2.37. The van der Waals surface area contributed by atoms with E-state index in [1.807, 2.05) is 0 Å². The van der Waals surface area contributed by atoms with Crippen LogP contribution in [-0.2, 0) is 15.7 Å². The highest BCUT2D eigenvalue weighted by molar-refractivity contribution is 6.05. The molecule has 2 heterocycles. The minimum absolute atomic E-state index is 0.0462. The molecule has 168 valence electrons. The Morgan fingerprint density at radius 1 is 1.19 bits per heavy atom. The molecule has 11 heteroatoms. The summed E-state index contributed by atoms with van der Waals surface area (Å²) < 4.78 is 50.5. The summed E-state index contributed by atoms with van der Waals surface area (Å²) in [6.45, 7) is 0. The Hall–Kier alpha value is -3.63. The normalized spacial score (nSPS) is 18.2. The molecule has 32 heavy (non-hydrogen) atoms. The number of halogens is 3. The maximum Gasteiger partial charge on any atom is 0.433 e. The summed E-state index contributed by atoms with van der Waals surface area (Å²) in [5, 5.41) is 7.76. The van der Waals surface area contributed by atoms with Gasteiger partial charge in [-0.05, 0) is 31.0 Å². The highest BCUT2D eigenvalue weighted by Crippen LogP contribution is 2.39. The van der Waals surface area contributed by atoms with Gasteiger partial charge >= 0.3 is 12.1 Å². The van der Waals surface area contributed by atoms with E-state index in [1.54, 1.807) is 23.0 Å². The molecule has 2 aromatic heterocycles. The van der Waals surface area contributed by atoms with Gasteiger partial charge in [-0.2, -0.15) is 18.3 Å². The number of ether oxygens (including phenoxy) is 2.